The minimum absolute atomic E-state index is 0.560. The summed E-state index contributed by atoms with van der Waals surface area (Å²) in [5.74, 6) is 0.801. The molecule has 0 bridgehead atoms. The normalized spacial score (nSPS) is 10.9. The van der Waals surface area contributed by atoms with Gasteiger partial charge in [0.15, 0.2) is 0 Å². The molecular weight excluding hydrogens is 234 g/mol. The third kappa shape index (κ3) is 1.77. The standard InChI is InChI=1S/C14H10ClNO/c15-11-6-5-10(7-12(11)16)14-8-9-3-1-2-4-13(9)17-14/h1-8H,16H2. The number of benzene rings is 2. The molecule has 0 aliphatic rings. The number of furan rings is 1. The Hall–Kier alpha value is -1.93. The minimum atomic E-state index is 0.560. The minimum Gasteiger partial charge on any atom is -0.456 e. The summed E-state index contributed by atoms with van der Waals surface area (Å²) in [4.78, 5) is 0. The maximum atomic E-state index is 5.89. The number of anilines is 1. The van der Waals surface area contributed by atoms with Crippen molar-refractivity contribution >= 4 is 28.3 Å². The van der Waals surface area contributed by atoms with E-state index in [0.717, 1.165) is 22.3 Å². The Labute approximate surface area is 104 Å². The number of halogens is 1. The molecule has 17 heavy (non-hydrogen) atoms. The first-order valence-electron chi connectivity index (χ1n) is 5.28. The van der Waals surface area contributed by atoms with E-state index in [0.29, 0.717) is 10.7 Å². The Balaban J connectivity index is 2.17. The molecule has 0 aliphatic heterocycles. The van der Waals surface area contributed by atoms with Crippen molar-refractivity contribution in [1.82, 2.24) is 0 Å². The Morgan fingerprint density at radius 1 is 1.00 bits per heavy atom. The summed E-state index contributed by atoms with van der Waals surface area (Å²) in [6, 6.07) is 15.4. The van der Waals surface area contributed by atoms with E-state index in [1.165, 1.54) is 0 Å². The number of hydrogen-bond donors (Lipinski definition) is 1. The molecule has 0 saturated heterocycles. The van der Waals surface area contributed by atoms with Gasteiger partial charge in [-0.05, 0) is 30.3 Å². The Bertz CT molecular complexity index is 655. The van der Waals surface area contributed by atoms with E-state index in [4.69, 9.17) is 21.8 Å². The van der Waals surface area contributed by atoms with Crippen LogP contribution in [0.3, 0.4) is 0 Å². The molecular formula is C14H10ClNO. The van der Waals surface area contributed by atoms with Gasteiger partial charge in [0.25, 0.3) is 0 Å². The van der Waals surface area contributed by atoms with E-state index >= 15 is 0 Å². The van der Waals surface area contributed by atoms with Crippen LogP contribution in [0.4, 0.5) is 5.69 Å². The second-order valence-corrected chi connectivity index (χ2v) is 4.29. The Morgan fingerprint density at radius 2 is 1.82 bits per heavy atom. The fourth-order valence-electron chi connectivity index (χ4n) is 1.82. The van der Waals surface area contributed by atoms with Crippen LogP contribution in [-0.4, -0.2) is 0 Å². The van der Waals surface area contributed by atoms with Crippen LogP contribution in [0.25, 0.3) is 22.3 Å². The zero-order valence-corrected chi connectivity index (χ0v) is 9.74. The molecule has 0 atom stereocenters. The first-order chi connectivity index (χ1) is 8.24. The van der Waals surface area contributed by atoms with E-state index < -0.39 is 0 Å². The van der Waals surface area contributed by atoms with Crippen LogP contribution in [0.2, 0.25) is 5.02 Å². The van der Waals surface area contributed by atoms with E-state index in [1.54, 1.807) is 6.07 Å². The highest BCUT2D eigenvalue weighted by molar-refractivity contribution is 6.33. The van der Waals surface area contributed by atoms with Crippen LogP contribution in [0.1, 0.15) is 0 Å². The van der Waals surface area contributed by atoms with Gasteiger partial charge in [0.1, 0.15) is 11.3 Å². The van der Waals surface area contributed by atoms with Gasteiger partial charge < -0.3 is 10.2 Å². The molecule has 3 rings (SSSR count). The number of fused-ring (bicyclic) bond motifs is 1. The highest BCUT2D eigenvalue weighted by Gasteiger charge is 2.07. The molecule has 0 fully saturated rings. The molecule has 3 heteroatoms. The third-order valence-electron chi connectivity index (χ3n) is 2.71. The first-order valence-corrected chi connectivity index (χ1v) is 5.66. The van der Waals surface area contributed by atoms with E-state index in [-0.39, 0.29) is 0 Å². The van der Waals surface area contributed by atoms with Crippen LogP contribution in [-0.2, 0) is 0 Å². The van der Waals surface area contributed by atoms with Gasteiger partial charge in [-0.1, -0.05) is 29.8 Å². The summed E-state index contributed by atoms with van der Waals surface area (Å²) >= 11 is 5.89. The van der Waals surface area contributed by atoms with Crippen molar-refractivity contribution in [3.8, 4) is 11.3 Å². The lowest BCUT2D eigenvalue weighted by Gasteiger charge is -2.00. The van der Waals surface area contributed by atoms with Crippen LogP contribution in [0, 0.1) is 0 Å². The van der Waals surface area contributed by atoms with Gasteiger partial charge in [-0.25, -0.2) is 0 Å². The quantitative estimate of drug-likeness (QED) is 0.646. The maximum absolute atomic E-state index is 5.89. The highest BCUT2D eigenvalue weighted by Crippen LogP contribution is 2.30. The average molecular weight is 244 g/mol. The lowest BCUT2D eigenvalue weighted by molar-refractivity contribution is 0.631. The van der Waals surface area contributed by atoms with Crippen molar-refractivity contribution in [2.45, 2.75) is 0 Å². The van der Waals surface area contributed by atoms with Gasteiger partial charge in [0.2, 0.25) is 0 Å². The van der Waals surface area contributed by atoms with Gasteiger partial charge in [-0.3, -0.25) is 0 Å². The summed E-state index contributed by atoms with van der Waals surface area (Å²) in [7, 11) is 0. The van der Waals surface area contributed by atoms with Crippen LogP contribution >= 0.6 is 11.6 Å². The highest BCUT2D eigenvalue weighted by atomic mass is 35.5. The van der Waals surface area contributed by atoms with E-state index in [9.17, 15) is 0 Å². The van der Waals surface area contributed by atoms with E-state index in [2.05, 4.69) is 0 Å². The monoisotopic (exact) mass is 243 g/mol. The van der Waals surface area contributed by atoms with Crippen molar-refractivity contribution in [3.63, 3.8) is 0 Å². The fraction of sp³-hybridized carbons (Fsp3) is 0. The van der Waals surface area contributed by atoms with Crippen LogP contribution in [0.5, 0.6) is 0 Å². The Kier molecular flexibility index (Phi) is 2.30. The molecule has 84 valence electrons. The van der Waals surface area contributed by atoms with Crippen molar-refractivity contribution in [3.05, 3.63) is 53.6 Å². The first kappa shape index (κ1) is 10.2. The molecule has 2 aromatic carbocycles. The number of rotatable bonds is 1. The maximum Gasteiger partial charge on any atom is 0.135 e. The summed E-state index contributed by atoms with van der Waals surface area (Å²) in [6.07, 6.45) is 0. The topological polar surface area (TPSA) is 39.2 Å². The second kappa shape index (κ2) is 3.82. The summed E-state index contributed by atoms with van der Waals surface area (Å²) in [5.41, 5.74) is 8.14. The van der Waals surface area contributed by atoms with Crippen LogP contribution < -0.4 is 5.73 Å². The molecule has 1 aromatic heterocycles. The molecule has 0 spiro atoms. The van der Waals surface area contributed by atoms with Gasteiger partial charge in [0, 0.05) is 10.9 Å². The van der Waals surface area contributed by atoms with Crippen molar-refractivity contribution in [1.29, 1.82) is 0 Å². The predicted molar refractivity (Wildman–Crippen MR) is 71.1 cm³/mol. The summed E-state index contributed by atoms with van der Waals surface area (Å²) < 4.78 is 5.75. The fourth-order valence-corrected chi connectivity index (χ4v) is 1.94. The molecule has 0 amide bonds. The number of nitrogen functional groups attached to an aromatic ring is 1. The largest absolute Gasteiger partial charge is 0.456 e. The van der Waals surface area contributed by atoms with E-state index in [1.807, 2.05) is 42.5 Å². The number of nitrogens with two attached hydrogens (primary N) is 1. The van der Waals surface area contributed by atoms with Gasteiger partial charge >= 0.3 is 0 Å². The van der Waals surface area contributed by atoms with Crippen LogP contribution in [0.15, 0.2) is 52.9 Å². The molecule has 0 radical (unpaired) electrons. The number of hydrogen-bond acceptors (Lipinski definition) is 2. The molecule has 2 nitrogen and oxygen atoms in total. The molecule has 0 unspecified atom stereocenters. The van der Waals surface area contributed by atoms with Crippen molar-refractivity contribution in [2.24, 2.45) is 0 Å². The molecule has 2 N–H and O–H groups in total. The molecule has 3 aromatic rings. The van der Waals surface area contributed by atoms with Gasteiger partial charge in [0.05, 0.1) is 10.7 Å². The molecule has 1 heterocycles. The predicted octanol–water partition coefficient (Wildman–Crippen LogP) is 4.34. The third-order valence-corrected chi connectivity index (χ3v) is 3.05. The van der Waals surface area contributed by atoms with Crippen molar-refractivity contribution in [2.75, 3.05) is 5.73 Å². The van der Waals surface area contributed by atoms with Gasteiger partial charge in [-0.15, -0.1) is 0 Å². The number of para-hydroxylation sites is 1. The SMILES string of the molecule is Nc1cc(-c2cc3ccccc3o2)ccc1Cl. The summed E-state index contributed by atoms with van der Waals surface area (Å²) in [6.45, 7) is 0. The lowest BCUT2D eigenvalue weighted by atomic mass is 10.1. The second-order valence-electron chi connectivity index (χ2n) is 3.88. The summed E-state index contributed by atoms with van der Waals surface area (Å²) in [5, 5.41) is 1.64. The lowest BCUT2D eigenvalue weighted by Crippen LogP contribution is -1.86. The molecule has 0 aliphatic carbocycles. The average Bonchev–Trinajstić information content (AvgIpc) is 2.76. The smallest absolute Gasteiger partial charge is 0.135 e. The van der Waals surface area contributed by atoms with Crippen molar-refractivity contribution < 1.29 is 4.42 Å². The zero-order chi connectivity index (χ0) is 11.8. The van der Waals surface area contributed by atoms with Gasteiger partial charge in [-0.2, -0.15) is 0 Å². The Morgan fingerprint density at radius 3 is 2.59 bits per heavy atom. The molecule has 0 saturated carbocycles. The zero-order valence-electron chi connectivity index (χ0n) is 8.98.